The predicted molar refractivity (Wildman–Crippen MR) is 56.9 cm³/mol. The van der Waals surface area contributed by atoms with Crippen molar-refractivity contribution >= 4 is 0 Å². The van der Waals surface area contributed by atoms with E-state index >= 15 is 0 Å². The number of nitrogens with two attached hydrogens (primary N) is 1. The van der Waals surface area contributed by atoms with Crippen LogP contribution in [0.4, 0.5) is 0 Å². The van der Waals surface area contributed by atoms with Crippen LogP contribution in [0.5, 0.6) is 0 Å². The molecule has 0 bridgehead atoms. The molecule has 0 saturated carbocycles. The van der Waals surface area contributed by atoms with Crippen molar-refractivity contribution in [2.75, 3.05) is 33.9 Å². The van der Waals surface area contributed by atoms with Crippen molar-refractivity contribution in [3.05, 3.63) is 0 Å². The van der Waals surface area contributed by atoms with Crippen molar-refractivity contribution in [2.45, 2.75) is 32.2 Å². The Morgan fingerprint density at radius 1 is 1.46 bits per heavy atom. The molecule has 0 spiro atoms. The molecule has 80 valence electrons. The molecule has 0 aromatic heterocycles. The molecule has 3 heteroatoms. The summed E-state index contributed by atoms with van der Waals surface area (Å²) in [4.78, 5) is 2.33. The maximum absolute atomic E-state index is 5.78. The minimum absolute atomic E-state index is 0.0893. The van der Waals surface area contributed by atoms with E-state index in [1.807, 2.05) is 0 Å². The molecule has 0 aromatic rings. The molecule has 3 nitrogen and oxygen atoms in total. The van der Waals surface area contributed by atoms with Gasteiger partial charge in [-0.25, -0.2) is 0 Å². The molecule has 0 rings (SSSR count). The average molecular weight is 188 g/mol. The van der Waals surface area contributed by atoms with Gasteiger partial charge in [-0.3, -0.25) is 4.90 Å². The van der Waals surface area contributed by atoms with Crippen molar-refractivity contribution in [2.24, 2.45) is 5.73 Å². The van der Waals surface area contributed by atoms with Crippen LogP contribution in [-0.4, -0.2) is 44.3 Å². The van der Waals surface area contributed by atoms with E-state index in [4.69, 9.17) is 10.5 Å². The molecule has 0 aliphatic heterocycles. The summed E-state index contributed by atoms with van der Waals surface area (Å²) >= 11 is 0. The fourth-order valence-corrected chi connectivity index (χ4v) is 1.38. The lowest BCUT2D eigenvalue weighted by Crippen LogP contribution is -2.50. The van der Waals surface area contributed by atoms with Gasteiger partial charge in [-0.15, -0.1) is 0 Å². The van der Waals surface area contributed by atoms with Crippen molar-refractivity contribution in [3.63, 3.8) is 0 Å². The third-order valence-corrected chi connectivity index (χ3v) is 2.77. The van der Waals surface area contributed by atoms with E-state index in [0.717, 1.165) is 19.6 Å². The first-order chi connectivity index (χ1) is 6.10. The second kappa shape index (κ2) is 6.35. The first kappa shape index (κ1) is 12.9. The normalized spacial score (nSPS) is 16.2. The highest BCUT2D eigenvalue weighted by Crippen LogP contribution is 2.16. The van der Waals surface area contributed by atoms with E-state index in [2.05, 4.69) is 25.8 Å². The molecule has 0 radical (unpaired) electrons. The molecule has 0 saturated heterocycles. The highest BCUT2D eigenvalue weighted by atomic mass is 16.5. The zero-order chi connectivity index (χ0) is 10.3. The van der Waals surface area contributed by atoms with Crippen molar-refractivity contribution in [1.82, 2.24) is 4.90 Å². The number of nitrogens with zero attached hydrogens (tertiary/aromatic N) is 1. The Hall–Kier alpha value is -0.120. The minimum Gasteiger partial charge on any atom is -0.385 e. The quantitative estimate of drug-likeness (QED) is 0.650. The van der Waals surface area contributed by atoms with Crippen LogP contribution in [0.3, 0.4) is 0 Å². The summed E-state index contributed by atoms with van der Waals surface area (Å²) in [5.41, 5.74) is 5.87. The van der Waals surface area contributed by atoms with Crippen LogP contribution >= 0.6 is 0 Å². The largest absolute Gasteiger partial charge is 0.385 e. The Balaban J connectivity index is 4.07. The lowest BCUT2D eigenvalue weighted by atomic mass is 9.96. The van der Waals surface area contributed by atoms with Crippen molar-refractivity contribution in [3.8, 4) is 0 Å². The molecule has 1 unspecified atom stereocenters. The van der Waals surface area contributed by atoms with Gasteiger partial charge in [0.05, 0.1) is 0 Å². The van der Waals surface area contributed by atoms with Crippen LogP contribution in [0.15, 0.2) is 0 Å². The predicted octanol–water partition coefficient (Wildman–Crippen LogP) is 1.08. The van der Waals surface area contributed by atoms with Crippen molar-refractivity contribution < 1.29 is 4.74 Å². The minimum atomic E-state index is 0.0893. The van der Waals surface area contributed by atoms with E-state index in [1.54, 1.807) is 7.11 Å². The van der Waals surface area contributed by atoms with Crippen LogP contribution in [-0.2, 0) is 4.74 Å². The molecule has 0 aliphatic carbocycles. The van der Waals surface area contributed by atoms with Crippen LogP contribution in [0, 0.1) is 0 Å². The number of likely N-dealkylation sites (N-methyl/N-ethyl adjacent to an activating group) is 1. The zero-order valence-corrected chi connectivity index (χ0v) is 9.47. The summed E-state index contributed by atoms with van der Waals surface area (Å²) in [6, 6.07) is 0. The molecule has 1 atom stereocenters. The van der Waals surface area contributed by atoms with Gasteiger partial charge in [-0.1, -0.05) is 6.92 Å². The van der Waals surface area contributed by atoms with Gasteiger partial charge in [0, 0.05) is 25.8 Å². The van der Waals surface area contributed by atoms with Crippen molar-refractivity contribution in [1.29, 1.82) is 0 Å². The van der Waals surface area contributed by atoms with Gasteiger partial charge in [0.1, 0.15) is 0 Å². The summed E-state index contributed by atoms with van der Waals surface area (Å²) < 4.78 is 5.09. The molecule has 13 heavy (non-hydrogen) atoms. The summed E-state index contributed by atoms with van der Waals surface area (Å²) in [5, 5.41) is 0. The maximum atomic E-state index is 5.78. The molecule has 0 heterocycles. The third-order valence-electron chi connectivity index (χ3n) is 2.77. The molecule has 2 N–H and O–H groups in total. The summed E-state index contributed by atoms with van der Waals surface area (Å²) in [6.45, 7) is 6.94. The second-order valence-electron chi connectivity index (χ2n) is 3.87. The van der Waals surface area contributed by atoms with Gasteiger partial charge in [0.15, 0.2) is 0 Å². The lowest BCUT2D eigenvalue weighted by Gasteiger charge is -2.37. The molecule has 0 fully saturated rings. The van der Waals surface area contributed by atoms with E-state index in [9.17, 15) is 0 Å². The number of methoxy groups -OCH3 is 1. The molecule has 0 amide bonds. The van der Waals surface area contributed by atoms with Crippen LogP contribution in [0.25, 0.3) is 0 Å². The fourth-order valence-electron chi connectivity index (χ4n) is 1.38. The van der Waals surface area contributed by atoms with Crippen LogP contribution in [0.1, 0.15) is 26.7 Å². The molecule has 0 aliphatic rings. The van der Waals surface area contributed by atoms with Crippen LogP contribution < -0.4 is 5.73 Å². The number of ether oxygens (including phenoxy) is 1. The van der Waals surface area contributed by atoms with Gasteiger partial charge in [0.25, 0.3) is 0 Å². The lowest BCUT2D eigenvalue weighted by molar-refractivity contribution is 0.0892. The smallest absolute Gasteiger partial charge is 0.0480 e. The van der Waals surface area contributed by atoms with E-state index in [1.165, 1.54) is 6.42 Å². The van der Waals surface area contributed by atoms with Gasteiger partial charge < -0.3 is 10.5 Å². The highest BCUT2D eigenvalue weighted by molar-refractivity contribution is 4.85. The number of hydrogen-bond donors (Lipinski definition) is 1. The summed E-state index contributed by atoms with van der Waals surface area (Å²) in [5.74, 6) is 0. The van der Waals surface area contributed by atoms with E-state index in [-0.39, 0.29) is 5.54 Å². The molecular formula is C10H24N2O. The monoisotopic (exact) mass is 188 g/mol. The Labute approximate surface area is 82.2 Å². The van der Waals surface area contributed by atoms with E-state index in [0.29, 0.717) is 6.54 Å². The second-order valence-corrected chi connectivity index (χ2v) is 3.87. The Morgan fingerprint density at radius 3 is 2.46 bits per heavy atom. The standard InChI is InChI=1S/C10H24N2O/c1-5-7-12(3)10(2,9-11)6-8-13-4/h5-9,11H2,1-4H3. The zero-order valence-electron chi connectivity index (χ0n) is 9.47. The van der Waals surface area contributed by atoms with Gasteiger partial charge in [-0.2, -0.15) is 0 Å². The SMILES string of the molecule is CCCN(C)C(C)(CN)CCOC. The first-order valence-corrected chi connectivity index (χ1v) is 5.01. The number of hydrogen-bond acceptors (Lipinski definition) is 3. The Kier molecular flexibility index (Phi) is 6.29. The highest BCUT2D eigenvalue weighted by Gasteiger charge is 2.26. The summed E-state index contributed by atoms with van der Waals surface area (Å²) in [7, 11) is 3.86. The Bertz CT molecular complexity index is 130. The van der Waals surface area contributed by atoms with Gasteiger partial charge in [-0.05, 0) is 33.4 Å². The first-order valence-electron chi connectivity index (χ1n) is 5.01. The topological polar surface area (TPSA) is 38.5 Å². The third kappa shape index (κ3) is 4.07. The van der Waals surface area contributed by atoms with Gasteiger partial charge in [0.2, 0.25) is 0 Å². The van der Waals surface area contributed by atoms with Crippen LogP contribution in [0.2, 0.25) is 0 Å². The Morgan fingerprint density at radius 2 is 2.08 bits per heavy atom. The molecular weight excluding hydrogens is 164 g/mol. The van der Waals surface area contributed by atoms with E-state index < -0.39 is 0 Å². The summed E-state index contributed by atoms with van der Waals surface area (Å²) in [6.07, 6.45) is 2.16. The number of rotatable bonds is 7. The van der Waals surface area contributed by atoms with Gasteiger partial charge >= 0.3 is 0 Å². The average Bonchev–Trinajstić information content (AvgIpc) is 2.14. The molecule has 0 aromatic carbocycles. The fraction of sp³-hybridized carbons (Fsp3) is 1.00. The maximum Gasteiger partial charge on any atom is 0.0480 e.